The molecule has 0 radical (unpaired) electrons. The third kappa shape index (κ3) is 30.6. The Morgan fingerprint density at radius 2 is 0.500 bits per heavy atom. The number of rotatable bonds is 0. The Kier molecular flexibility index (Phi) is 10800. The molecule has 0 unspecified atom stereocenters. The Hall–Kier alpha value is 0.387. The van der Waals surface area contributed by atoms with E-state index in [0.29, 0.717) is 0 Å². The molecule has 0 heterocycles. The zero-order valence-corrected chi connectivity index (χ0v) is 2.13. The van der Waals surface area contributed by atoms with Crippen molar-refractivity contribution in [3.63, 3.8) is 0 Å². The number of hydrogen-bond acceptors (Lipinski definition) is 0. The first kappa shape index (κ1) is 335. The van der Waals surface area contributed by atoms with Crippen LogP contribution in [0.2, 0.25) is 0 Å². The summed E-state index contributed by atoms with van der Waals surface area (Å²) >= 11 is 0. The summed E-state index contributed by atoms with van der Waals surface area (Å²) in [5.41, 5.74) is 0. The van der Waals surface area contributed by atoms with E-state index >= 15 is 0 Å². The van der Waals surface area contributed by atoms with E-state index in [1.54, 1.807) is 0 Å². The van der Waals surface area contributed by atoms with Crippen LogP contribution >= 0.6 is 0 Å². The summed E-state index contributed by atoms with van der Waals surface area (Å²) in [4.78, 5) is 0. The first-order valence-corrected chi connectivity index (χ1v) is 0. The SMILES string of the molecule is [F-].[F-].[F-].[Li+]. The molecule has 0 saturated heterocycles. The zero-order valence-electron chi connectivity index (χ0n) is 2.13. The van der Waals surface area contributed by atoms with Gasteiger partial charge in [0.25, 0.3) is 0 Å². The van der Waals surface area contributed by atoms with Gasteiger partial charge in [-0.1, -0.05) is 0 Å². The monoisotopic (exact) mass is 64.0 g/mol. The third-order valence-corrected chi connectivity index (χ3v) is 0. The fourth-order valence-corrected chi connectivity index (χ4v) is 0. The molecule has 0 aromatic heterocycles. The van der Waals surface area contributed by atoms with E-state index in [0.717, 1.165) is 0 Å². The standard InChI is InChI=1S/3FH.Li/h3*1H;/q;;;+1/p-3. The Labute approximate surface area is 33.9 Å². The molecule has 0 N–H and O–H groups in total. The van der Waals surface area contributed by atoms with Gasteiger partial charge in [0.2, 0.25) is 0 Å². The summed E-state index contributed by atoms with van der Waals surface area (Å²) in [7, 11) is 0. The molecule has 0 nitrogen and oxygen atoms in total. The summed E-state index contributed by atoms with van der Waals surface area (Å²) in [5.74, 6) is 0. The molecule has 0 aliphatic rings. The molecule has 0 atom stereocenters. The minimum atomic E-state index is 0. The van der Waals surface area contributed by atoms with E-state index in [1.165, 1.54) is 0 Å². The molecule has 0 spiro atoms. The van der Waals surface area contributed by atoms with Crippen molar-refractivity contribution in [2.75, 3.05) is 0 Å². The van der Waals surface area contributed by atoms with Gasteiger partial charge in [-0.2, -0.15) is 0 Å². The fourth-order valence-electron chi connectivity index (χ4n) is 0. The van der Waals surface area contributed by atoms with Crippen LogP contribution in [0.1, 0.15) is 0 Å². The predicted molar refractivity (Wildman–Crippen MR) is 0 cm³/mol. The van der Waals surface area contributed by atoms with Crippen LogP contribution < -0.4 is 33.0 Å². The second-order valence-corrected chi connectivity index (χ2v) is 0. The normalized spacial score (nSPS) is 0. The molecule has 0 fully saturated rings. The molecule has 0 amide bonds. The van der Waals surface area contributed by atoms with Crippen LogP contribution in [0.4, 0.5) is 0 Å². The van der Waals surface area contributed by atoms with Crippen molar-refractivity contribution in [1.82, 2.24) is 0 Å². The van der Waals surface area contributed by atoms with Crippen LogP contribution in [0.5, 0.6) is 0 Å². The van der Waals surface area contributed by atoms with E-state index < -0.39 is 0 Å². The van der Waals surface area contributed by atoms with Crippen LogP contribution in [-0.4, -0.2) is 0 Å². The van der Waals surface area contributed by atoms with Gasteiger partial charge in [0.1, 0.15) is 0 Å². The van der Waals surface area contributed by atoms with Gasteiger partial charge >= 0.3 is 18.9 Å². The average Bonchev–Trinajstić information content (AvgIpc) is 0. The van der Waals surface area contributed by atoms with Gasteiger partial charge in [0, 0.05) is 0 Å². The molecule has 24 valence electrons. The second kappa shape index (κ2) is 129. The number of halogens is 3. The molecule has 0 aromatic rings. The summed E-state index contributed by atoms with van der Waals surface area (Å²) in [6.07, 6.45) is 0. The van der Waals surface area contributed by atoms with Gasteiger partial charge in [0.15, 0.2) is 0 Å². The van der Waals surface area contributed by atoms with Crippen molar-refractivity contribution in [3.8, 4) is 0 Å². The molecule has 4 heavy (non-hydrogen) atoms. The summed E-state index contributed by atoms with van der Waals surface area (Å²) < 4.78 is 0. The van der Waals surface area contributed by atoms with Crippen molar-refractivity contribution >= 4 is 0 Å². The van der Waals surface area contributed by atoms with Gasteiger partial charge in [-0.3, -0.25) is 0 Å². The van der Waals surface area contributed by atoms with Gasteiger partial charge in [-0.05, 0) is 0 Å². The van der Waals surface area contributed by atoms with Crippen LogP contribution in [-0.2, 0) is 0 Å². The maximum Gasteiger partial charge on any atom is 1.00 e. The van der Waals surface area contributed by atoms with Crippen molar-refractivity contribution in [1.29, 1.82) is 0 Å². The van der Waals surface area contributed by atoms with E-state index in [9.17, 15) is 0 Å². The minimum Gasteiger partial charge on any atom is -1.00 e. The van der Waals surface area contributed by atoms with Crippen LogP contribution in [0.15, 0.2) is 0 Å². The smallest absolute Gasteiger partial charge is 1.00 e. The third-order valence-electron chi connectivity index (χ3n) is 0. The molecular formula is F3Li-2. The van der Waals surface area contributed by atoms with Crippen LogP contribution in [0.25, 0.3) is 0 Å². The summed E-state index contributed by atoms with van der Waals surface area (Å²) in [6.45, 7) is 0. The van der Waals surface area contributed by atoms with Gasteiger partial charge < -0.3 is 14.1 Å². The summed E-state index contributed by atoms with van der Waals surface area (Å²) in [5, 5.41) is 0. The average molecular weight is 63.9 g/mol. The van der Waals surface area contributed by atoms with Gasteiger partial charge in [-0.15, -0.1) is 0 Å². The zero-order chi connectivity index (χ0) is 0. The van der Waals surface area contributed by atoms with Crippen molar-refractivity contribution < 1.29 is 33.0 Å². The fraction of sp³-hybridized carbons (Fsp3) is 0. The Morgan fingerprint density at radius 1 is 0.500 bits per heavy atom. The molecule has 0 saturated carbocycles. The molecule has 0 bridgehead atoms. The maximum absolute atomic E-state index is 0. The minimum absolute atomic E-state index is 0. The Bertz CT molecular complexity index is 3.25. The van der Waals surface area contributed by atoms with Gasteiger partial charge in [0.05, 0.1) is 0 Å². The molecule has 4 heteroatoms. The number of hydrogen-bond donors (Lipinski definition) is 0. The van der Waals surface area contributed by atoms with Crippen molar-refractivity contribution in [2.45, 2.75) is 0 Å². The van der Waals surface area contributed by atoms with Crippen LogP contribution in [0, 0.1) is 0 Å². The largest absolute Gasteiger partial charge is 1.00 e. The second-order valence-electron chi connectivity index (χ2n) is 0. The first-order chi connectivity index (χ1) is 0. The molecular weight excluding hydrogens is 63.9 g/mol. The van der Waals surface area contributed by atoms with Crippen molar-refractivity contribution in [3.05, 3.63) is 0 Å². The maximum atomic E-state index is 0. The van der Waals surface area contributed by atoms with E-state index in [2.05, 4.69) is 0 Å². The van der Waals surface area contributed by atoms with Crippen LogP contribution in [0.3, 0.4) is 0 Å². The molecule has 0 rings (SSSR count). The van der Waals surface area contributed by atoms with E-state index in [4.69, 9.17) is 0 Å². The Balaban J connectivity index is 0. The first-order valence-electron chi connectivity index (χ1n) is 0. The molecule has 0 aliphatic carbocycles. The van der Waals surface area contributed by atoms with Crippen molar-refractivity contribution in [2.24, 2.45) is 0 Å². The van der Waals surface area contributed by atoms with E-state index in [-0.39, 0.29) is 33.0 Å². The summed E-state index contributed by atoms with van der Waals surface area (Å²) in [6, 6.07) is 0. The predicted octanol–water partition coefficient (Wildman–Crippen LogP) is -12.0. The van der Waals surface area contributed by atoms with E-state index in [1.807, 2.05) is 0 Å². The molecule has 0 aliphatic heterocycles. The molecule has 0 aromatic carbocycles. The Morgan fingerprint density at radius 3 is 0.500 bits per heavy atom. The quantitative estimate of drug-likeness (QED) is 0.245. The topological polar surface area (TPSA) is 0 Å². The van der Waals surface area contributed by atoms with Gasteiger partial charge in [-0.25, -0.2) is 0 Å².